The van der Waals surface area contributed by atoms with Crippen LogP contribution in [0.3, 0.4) is 0 Å². The van der Waals surface area contributed by atoms with Crippen molar-refractivity contribution in [2.24, 2.45) is 0 Å². The summed E-state index contributed by atoms with van der Waals surface area (Å²) in [7, 11) is 0. The number of aromatic hydroxyl groups is 1. The zero-order valence-electron chi connectivity index (χ0n) is 41.3. The SMILES string of the molecule is CC(C)(C)c1cc(-c2cc(-c3ccc(C(C)(C)c4ccccc4)cc3)ccn2)[c-]c(-c2cccc3c2nc(-c2cc(C(C)(C)C)ccc2O)n3-c2ccc(C(C)(C)C)cc2-c2ccccc2)c1.[Pt]. The number of phenols is 1. The fourth-order valence-electron chi connectivity index (χ4n) is 9.11. The van der Waals surface area contributed by atoms with Crippen LogP contribution < -0.4 is 0 Å². The van der Waals surface area contributed by atoms with Crippen LogP contribution in [0.4, 0.5) is 0 Å². The van der Waals surface area contributed by atoms with Gasteiger partial charge >= 0.3 is 0 Å². The van der Waals surface area contributed by atoms with Crippen molar-refractivity contribution in [3.05, 3.63) is 204 Å². The molecule has 0 fully saturated rings. The van der Waals surface area contributed by atoms with Gasteiger partial charge in [0.2, 0.25) is 0 Å². The van der Waals surface area contributed by atoms with Crippen molar-refractivity contribution in [1.29, 1.82) is 0 Å². The summed E-state index contributed by atoms with van der Waals surface area (Å²) in [5.74, 6) is 0.856. The zero-order chi connectivity index (χ0) is 47.5. The number of para-hydroxylation sites is 1. The summed E-state index contributed by atoms with van der Waals surface area (Å²) in [6.07, 6.45) is 1.91. The van der Waals surface area contributed by atoms with Crippen LogP contribution in [-0.2, 0) is 42.7 Å². The van der Waals surface area contributed by atoms with Crippen LogP contribution in [0, 0.1) is 6.07 Å². The third-order valence-corrected chi connectivity index (χ3v) is 13.5. The van der Waals surface area contributed by atoms with Crippen molar-refractivity contribution in [3.63, 3.8) is 0 Å². The second-order valence-electron chi connectivity index (χ2n) is 21.7. The van der Waals surface area contributed by atoms with Gasteiger partial charge in [0.1, 0.15) is 11.6 Å². The number of fused-ring (bicyclic) bond motifs is 1. The van der Waals surface area contributed by atoms with E-state index in [1.807, 2.05) is 18.3 Å². The molecule has 0 amide bonds. The Morgan fingerprint density at radius 3 is 1.68 bits per heavy atom. The molecule has 346 valence electrons. The molecule has 4 nitrogen and oxygen atoms in total. The first-order valence-corrected chi connectivity index (χ1v) is 23.5. The molecule has 0 unspecified atom stereocenters. The van der Waals surface area contributed by atoms with Crippen LogP contribution in [0.15, 0.2) is 170 Å². The number of aromatic nitrogens is 3. The van der Waals surface area contributed by atoms with Crippen LogP contribution in [0.1, 0.15) is 104 Å². The summed E-state index contributed by atoms with van der Waals surface area (Å²) in [5, 5.41) is 11.8. The number of hydrogen-bond donors (Lipinski definition) is 1. The van der Waals surface area contributed by atoms with E-state index in [0.29, 0.717) is 11.4 Å². The van der Waals surface area contributed by atoms with Gasteiger partial charge in [0.05, 0.1) is 22.3 Å². The third kappa shape index (κ3) is 9.41. The molecular weight excluding hydrogens is 1010 g/mol. The Bertz CT molecular complexity index is 3250. The molecule has 9 rings (SSSR count). The van der Waals surface area contributed by atoms with Gasteiger partial charge in [0.15, 0.2) is 0 Å². The predicted octanol–water partition coefficient (Wildman–Crippen LogP) is 16.5. The average Bonchev–Trinajstić information content (AvgIpc) is 3.70. The summed E-state index contributed by atoms with van der Waals surface area (Å²) in [6, 6.07) is 62.0. The molecule has 0 bridgehead atoms. The Kier molecular flexibility index (Phi) is 12.9. The van der Waals surface area contributed by atoms with Crippen LogP contribution in [0.5, 0.6) is 5.75 Å². The largest absolute Gasteiger partial charge is 0.507 e. The van der Waals surface area contributed by atoms with E-state index >= 15 is 0 Å². The van der Waals surface area contributed by atoms with E-state index in [4.69, 9.17) is 9.97 Å². The Labute approximate surface area is 418 Å². The van der Waals surface area contributed by atoms with E-state index in [2.05, 4.69) is 238 Å². The molecule has 0 aliphatic rings. The van der Waals surface area contributed by atoms with Gasteiger partial charge in [0, 0.05) is 43.9 Å². The van der Waals surface area contributed by atoms with Crippen molar-refractivity contribution in [2.45, 2.75) is 97.8 Å². The average molecular weight is 1070 g/mol. The van der Waals surface area contributed by atoms with E-state index in [-0.39, 0.29) is 48.5 Å². The molecular formula is C63H62N3OPt-. The van der Waals surface area contributed by atoms with Crippen LogP contribution in [-0.4, -0.2) is 19.6 Å². The van der Waals surface area contributed by atoms with Gasteiger partial charge in [-0.25, -0.2) is 4.98 Å². The normalized spacial score (nSPS) is 12.3. The van der Waals surface area contributed by atoms with E-state index in [0.717, 1.165) is 66.9 Å². The van der Waals surface area contributed by atoms with Crippen LogP contribution in [0.25, 0.3) is 72.7 Å². The van der Waals surface area contributed by atoms with Gasteiger partial charge < -0.3 is 5.11 Å². The first-order chi connectivity index (χ1) is 31.8. The molecule has 0 spiro atoms. The van der Waals surface area contributed by atoms with Gasteiger partial charge in [0.25, 0.3) is 0 Å². The maximum absolute atomic E-state index is 11.8. The summed E-state index contributed by atoms with van der Waals surface area (Å²) in [5.41, 5.74) is 17.1. The van der Waals surface area contributed by atoms with E-state index in [1.54, 1.807) is 0 Å². The molecule has 2 heterocycles. The molecule has 0 aliphatic carbocycles. The number of phenolic OH excluding ortho intramolecular Hbond substituents is 1. The minimum atomic E-state index is -0.172. The number of nitrogens with zero attached hydrogens (tertiary/aromatic N) is 3. The molecule has 0 radical (unpaired) electrons. The first-order valence-electron chi connectivity index (χ1n) is 23.5. The Morgan fingerprint density at radius 1 is 0.456 bits per heavy atom. The van der Waals surface area contributed by atoms with E-state index in [1.165, 1.54) is 22.3 Å². The van der Waals surface area contributed by atoms with Gasteiger partial charge in [-0.1, -0.05) is 203 Å². The van der Waals surface area contributed by atoms with Gasteiger partial charge in [-0.05, 0) is 91.6 Å². The van der Waals surface area contributed by atoms with Crippen LogP contribution >= 0.6 is 0 Å². The Morgan fingerprint density at radius 2 is 1.03 bits per heavy atom. The Hall–Kier alpha value is -6.35. The van der Waals surface area contributed by atoms with Gasteiger partial charge in [-0.2, -0.15) is 0 Å². The molecule has 68 heavy (non-hydrogen) atoms. The van der Waals surface area contributed by atoms with Gasteiger partial charge in [-0.3, -0.25) is 9.55 Å². The summed E-state index contributed by atoms with van der Waals surface area (Å²) < 4.78 is 2.25. The van der Waals surface area contributed by atoms with E-state index < -0.39 is 0 Å². The van der Waals surface area contributed by atoms with E-state index in [9.17, 15) is 5.11 Å². The second kappa shape index (κ2) is 18.3. The van der Waals surface area contributed by atoms with Gasteiger partial charge in [-0.15, -0.1) is 29.3 Å². The molecule has 7 aromatic carbocycles. The van der Waals surface area contributed by atoms with Crippen molar-refractivity contribution in [2.75, 3.05) is 0 Å². The smallest absolute Gasteiger partial charge is 0.148 e. The molecule has 5 heteroatoms. The second-order valence-corrected chi connectivity index (χ2v) is 21.7. The van der Waals surface area contributed by atoms with Crippen molar-refractivity contribution in [1.82, 2.24) is 14.5 Å². The monoisotopic (exact) mass is 1070 g/mol. The summed E-state index contributed by atoms with van der Waals surface area (Å²) in [4.78, 5) is 10.6. The summed E-state index contributed by atoms with van der Waals surface area (Å²) in [6.45, 7) is 24.7. The minimum Gasteiger partial charge on any atom is -0.507 e. The number of rotatable bonds is 8. The molecule has 2 aromatic heterocycles. The van der Waals surface area contributed by atoms with Crippen molar-refractivity contribution < 1.29 is 26.2 Å². The van der Waals surface area contributed by atoms with Crippen molar-refractivity contribution in [3.8, 4) is 67.5 Å². The molecule has 0 aliphatic heterocycles. The molecule has 0 atom stereocenters. The molecule has 9 aromatic rings. The molecule has 0 saturated heterocycles. The third-order valence-electron chi connectivity index (χ3n) is 13.5. The topological polar surface area (TPSA) is 50.9 Å². The quantitative estimate of drug-likeness (QED) is 0.154. The number of imidazole rings is 1. The fourth-order valence-corrected chi connectivity index (χ4v) is 9.11. The zero-order valence-corrected chi connectivity index (χ0v) is 43.5. The molecule has 0 saturated carbocycles. The first kappa shape index (κ1) is 48.1. The summed E-state index contributed by atoms with van der Waals surface area (Å²) >= 11 is 0. The van der Waals surface area contributed by atoms with Crippen LogP contribution in [0.2, 0.25) is 0 Å². The minimum absolute atomic E-state index is 0. The number of hydrogen-bond acceptors (Lipinski definition) is 3. The Balaban J connectivity index is 0.00000625. The maximum Gasteiger partial charge on any atom is 0.148 e. The maximum atomic E-state index is 11.8. The number of pyridine rings is 1. The standard InChI is InChI=1S/C63H62N3O.Pt/c1-60(2,3)48-29-31-55(52(39-48)42-19-14-12-15-20-42)66-56-24-18-23-51(58(56)65-59(66)53-40-49(61(4,5)6)30-32-57(53)67)44-35-45(37-50(36-44)62(7,8)9)54-38-43(33-34-64-54)41-25-27-47(28-26-41)63(10,11)46-21-16-13-17-22-46;/h12-34,36-40,67H,1-11H3;/q-1;. The fraction of sp³-hybridized carbons (Fsp3) is 0.238. The molecule has 1 N–H and O–H groups in total. The predicted molar refractivity (Wildman–Crippen MR) is 281 cm³/mol. The van der Waals surface area contributed by atoms with Crippen molar-refractivity contribution >= 4 is 11.0 Å². The number of benzene rings is 7.